The van der Waals surface area contributed by atoms with Crippen molar-refractivity contribution in [2.24, 2.45) is 0 Å². The second kappa shape index (κ2) is 6.17. The van der Waals surface area contributed by atoms with Gasteiger partial charge in [-0.25, -0.2) is 0 Å². The Balaban J connectivity index is 2.06. The van der Waals surface area contributed by atoms with Crippen LogP contribution < -0.4 is 5.32 Å². The summed E-state index contributed by atoms with van der Waals surface area (Å²) < 4.78 is 5.64. The normalized spacial score (nSPS) is 19.2. The van der Waals surface area contributed by atoms with Gasteiger partial charge in [0.05, 0.1) is 12.7 Å². The first-order chi connectivity index (χ1) is 9.09. The molecule has 1 fully saturated rings. The number of hydrogen-bond acceptors (Lipinski definition) is 3. The van der Waals surface area contributed by atoms with E-state index in [0.29, 0.717) is 6.54 Å². The highest BCUT2D eigenvalue weighted by Crippen LogP contribution is 2.15. The molecule has 1 saturated heterocycles. The number of benzene rings is 1. The molecule has 1 aliphatic rings. The Morgan fingerprint density at radius 1 is 1.42 bits per heavy atom. The van der Waals surface area contributed by atoms with E-state index in [4.69, 9.17) is 4.74 Å². The summed E-state index contributed by atoms with van der Waals surface area (Å²) >= 11 is 0. The third kappa shape index (κ3) is 3.33. The van der Waals surface area contributed by atoms with Crippen molar-refractivity contribution in [2.75, 3.05) is 33.3 Å². The maximum atomic E-state index is 12.5. The number of carbonyl (C=O) groups is 1. The Bertz CT molecular complexity index is 433. The van der Waals surface area contributed by atoms with Crippen molar-refractivity contribution < 1.29 is 9.53 Å². The van der Waals surface area contributed by atoms with E-state index in [-0.39, 0.29) is 12.0 Å². The van der Waals surface area contributed by atoms with E-state index in [2.05, 4.69) is 5.32 Å². The summed E-state index contributed by atoms with van der Waals surface area (Å²) in [5.74, 6) is 0.0739. The third-order valence-corrected chi connectivity index (χ3v) is 3.52. The van der Waals surface area contributed by atoms with Crippen LogP contribution in [0.5, 0.6) is 0 Å². The first-order valence-electron chi connectivity index (χ1n) is 6.73. The lowest BCUT2D eigenvalue weighted by molar-refractivity contribution is 0.0103. The van der Waals surface area contributed by atoms with Crippen molar-refractivity contribution in [3.05, 3.63) is 34.9 Å². The number of nitrogens with one attached hydrogen (secondary N) is 1. The highest BCUT2D eigenvalue weighted by Gasteiger charge is 2.21. The van der Waals surface area contributed by atoms with Crippen molar-refractivity contribution in [1.29, 1.82) is 0 Å². The van der Waals surface area contributed by atoms with E-state index in [1.165, 1.54) is 0 Å². The quantitative estimate of drug-likeness (QED) is 0.894. The number of aryl methyl sites for hydroxylation is 2. The molecule has 0 spiro atoms. The number of rotatable bonds is 3. The van der Waals surface area contributed by atoms with Crippen molar-refractivity contribution in [3.8, 4) is 0 Å². The molecule has 1 amide bonds. The second-order valence-corrected chi connectivity index (χ2v) is 5.15. The van der Waals surface area contributed by atoms with Crippen LogP contribution in [0.2, 0.25) is 0 Å². The fourth-order valence-corrected chi connectivity index (χ4v) is 2.47. The van der Waals surface area contributed by atoms with E-state index in [0.717, 1.165) is 36.4 Å². The second-order valence-electron chi connectivity index (χ2n) is 5.15. The summed E-state index contributed by atoms with van der Waals surface area (Å²) in [6.07, 6.45) is 0.0898. The summed E-state index contributed by atoms with van der Waals surface area (Å²) in [5, 5.41) is 3.28. The standard InChI is InChI=1S/C15H22N2O2/c1-11-5-4-6-12(2)14(11)15(18)17(3)10-13-9-16-7-8-19-13/h4-6,13,16H,7-10H2,1-3H3. The van der Waals surface area contributed by atoms with Gasteiger partial charge in [0.15, 0.2) is 0 Å². The predicted octanol–water partition coefficient (Wildman–Crippen LogP) is 1.36. The molecule has 0 aliphatic carbocycles. The molecular weight excluding hydrogens is 240 g/mol. The van der Waals surface area contributed by atoms with Gasteiger partial charge in [-0.1, -0.05) is 18.2 Å². The highest BCUT2D eigenvalue weighted by molar-refractivity contribution is 5.96. The predicted molar refractivity (Wildman–Crippen MR) is 75.5 cm³/mol. The Labute approximate surface area is 114 Å². The summed E-state index contributed by atoms with van der Waals surface area (Å²) in [4.78, 5) is 14.3. The third-order valence-electron chi connectivity index (χ3n) is 3.52. The Kier molecular flexibility index (Phi) is 4.56. The van der Waals surface area contributed by atoms with Crippen LogP contribution in [0.1, 0.15) is 21.5 Å². The minimum absolute atomic E-state index is 0.0739. The largest absolute Gasteiger partial charge is 0.374 e. The van der Waals surface area contributed by atoms with Gasteiger partial charge in [0.2, 0.25) is 0 Å². The van der Waals surface area contributed by atoms with Gasteiger partial charge in [-0.3, -0.25) is 4.79 Å². The lowest BCUT2D eigenvalue weighted by Gasteiger charge is -2.28. The van der Waals surface area contributed by atoms with Gasteiger partial charge in [0, 0.05) is 32.2 Å². The van der Waals surface area contributed by atoms with Crippen LogP contribution in [0.3, 0.4) is 0 Å². The minimum atomic E-state index is 0.0739. The maximum absolute atomic E-state index is 12.5. The molecule has 0 bridgehead atoms. The number of morpholine rings is 1. The van der Waals surface area contributed by atoms with Gasteiger partial charge < -0.3 is 15.0 Å². The van der Waals surface area contributed by atoms with Crippen molar-refractivity contribution in [1.82, 2.24) is 10.2 Å². The first-order valence-corrected chi connectivity index (χ1v) is 6.73. The zero-order valence-corrected chi connectivity index (χ0v) is 11.9. The van der Waals surface area contributed by atoms with Crippen molar-refractivity contribution in [3.63, 3.8) is 0 Å². The molecule has 1 aromatic carbocycles. The number of ether oxygens (including phenoxy) is 1. The molecule has 104 valence electrons. The molecule has 1 unspecified atom stereocenters. The molecule has 4 heteroatoms. The Hall–Kier alpha value is -1.39. The molecule has 1 N–H and O–H groups in total. The van der Waals surface area contributed by atoms with Crippen LogP contribution >= 0.6 is 0 Å². The average Bonchev–Trinajstić information content (AvgIpc) is 2.39. The molecule has 0 radical (unpaired) electrons. The number of likely N-dealkylation sites (N-methyl/N-ethyl adjacent to an activating group) is 1. The van der Waals surface area contributed by atoms with Crippen LogP contribution in [-0.2, 0) is 4.74 Å². The summed E-state index contributed by atoms with van der Waals surface area (Å²) in [6.45, 7) is 7.00. The van der Waals surface area contributed by atoms with Crippen LogP contribution in [0.15, 0.2) is 18.2 Å². The van der Waals surface area contributed by atoms with Crippen molar-refractivity contribution >= 4 is 5.91 Å². The average molecular weight is 262 g/mol. The lowest BCUT2D eigenvalue weighted by Crippen LogP contribution is -2.45. The lowest BCUT2D eigenvalue weighted by atomic mass is 10.0. The van der Waals surface area contributed by atoms with E-state index in [9.17, 15) is 4.79 Å². The van der Waals surface area contributed by atoms with Gasteiger partial charge in [0.1, 0.15) is 0 Å². The van der Waals surface area contributed by atoms with Crippen LogP contribution in [-0.4, -0.2) is 50.2 Å². The number of nitrogens with zero attached hydrogens (tertiary/aromatic N) is 1. The zero-order valence-electron chi connectivity index (χ0n) is 11.9. The molecule has 4 nitrogen and oxygen atoms in total. The number of carbonyl (C=O) groups excluding carboxylic acids is 1. The van der Waals surface area contributed by atoms with Gasteiger partial charge in [-0.15, -0.1) is 0 Å². The van der Waals surface area contributed by atoms with E-state index >= 15 is 0 Å². The van der Waals surface area contributed by atoms with Crippen molar-refractivity contribution in [2.45, 2.75) is 20.0 Å². The molecule has 0 saturated carbocycles. The summed E-state index contributed by atoms with van der Waals surface area (Å²) in [6, 6.07) is 5.94. The van der Waals surface area contributed by atoms with Crippen LogP contribution in [0.4, 0.5) is 0 Å². The van der Waals surface area contributed by atoms with Gasteiger partial charge in [0.25, 0.3) is 5.91 Å². The topological polar surface area (TPSA) is 41.6 Å². The van der Waals surface area contributed by atoms with Crippen LogP contribution in [0.25, 0.3) is 0 Å². The Morgan fingerprint density at radius 2 is 2.11 bits per heavy atom. The fraction of sp³-hybridized carbons (Fsp3) is 0.533. The first kappa shape index (κ1) is 14.0. The molecule has 19 heavy (non-hydrogen) atoms. The molecule has 0 aromatic heterocycles. The zero-order chi connectivity index (χ0) is 13.8. The number of amides is 1. The monoisotopic (exact) mass is 262 g/mol. The number of hydrogen-bond donors (Lipinski definition) is 1. The van der Waals surface area contributed by atoms with E-state index < -0.39 is 0 Å². The van der Waals surface area contributed by atoms with Gasteiger partial charge >= 0.3 is 0 Å². The van der Waals surface area contributed by atoms with Crippen LogP contribution in [0, 0.1) is 13.8 Å². The fourth-order valence-electron chi connectivity index (χ4n) is 2.47. The van der Waals surface area contributed by atoms with Gasteiger partial charge in [-0.05, 0) is 25.0 Å². The smallest absolute Gasteiger partial charge is 0.254 e. The molecular formula is C15H22N2O2. The maximum Gasteiger partial charge on any atom is 0.254 e. The van der Waals surface area contributed by atoms with E-state index in [1.54, 1.807) is 4.90 Å². The minimum Gasteiger partial charge on any atom is -0.374 e. The van der Waals surface area contributed by atoms with E-state index in [1.807, 2.05) is 39.1 Å². The summed E-state index contributed by atoms with van der Waals surface area (Å²) in [5.41, 5.74) is 2.87. The SMILES string of the molecule is Cc1cccc(C)c1C(=O)N(C)CC1CNCCO1. The molecule has 1 aromatic rings. The molecule has 1 heterocycles. The Morgan fingerprint density at radius 3 is 2.68 bits per heavy atom. The molecule has 1 aliphatic heterocycles. The molecule has 1 atom stereocenters. The van der Waals surface area contributed by atoms with Gasteiger partial charge in [-0.2, -0.15) is 0 Å². The summed E-state index contributed by atoms with van der Waals surface area (Å²) in [7, 11) is 1.84. The highest BCUT2D eigenvalue weighted by atomic mass is 16.5. The molecule has 2 rings (SSSR count).